The third-order valence-corrected chi connectivity index (χ3v) is 5.02. The summed E-state index contributed by atoms with van der Waals surface area (Å²) in [6, 6.07) is 15.2. The number of carbonyl (C=O) groups is 1. The number of hydrogen-bond donors (Lipinski definition) is 1. The lowest BCUT2D eigenvalue weighted by atomic mass is 10.2. The summed E-state index contributed by atoms with van der Waals surface area (Å²) in [6.07, 6.45) is 1.76. The Morgan fingerprint density at radius 2 is 2.03 bits per heavy atom. The van der Waals surface area contributed by atoms with Crippen LogP contribution in [0.3, 0.4) is 0 Å². The molecule has 9 heteroatoms. The molecule has 0 radical (unpaired) electrons. The average Bonchev–Trinajstić information content (AvgIpc) is 3.41. The van der Waals surface area contributed by atoms with Gasteiger partial charge in [-0.05, 0) is 77.5 Å². The summed E-state index contributed by atoms with van der Waals surface area (Å²) < 4.78 is 26.3. The molecule has 2 heterocycles. The fraction of sp³-hybridized carbons (Fsp3) is 0.136. The number of ether oxygens (including phenoxy) is 1. The minimum Gasteiger partial charge on any atom is -0.494 e. The van der Waals surface area contributed by atoms with Crippen molar-refractivity contribution in [3.63, 3.8) is 0 Å². The summed E-state index contributed by atoms with van der Waals surface area (Å²) in [7, 11) is 0. The van der Waals surface area contributed by atoms with Gasteiger partial charge in [0.2, 0.25) is 11.7 Å². The molecule has 0 bridgehead atoms. The number of benzene rings is 2. The molecule has 0 spiro atoms. The van der Waals surface area contributed by atoms with E-state index in [1.54, 1.807) is 59.3 Å². The van der Waals surface area contributed by atoms with Crippen LogP contribution in [0.5, 0.6) is 5.75 Å². The first-order valence-corrected chi connectivity index (χ1v) is 10.3. The number of aromatic nitrogens is 3. The Balaban J connectivity index is 1.47. The number of nitrogens with zero attached hydrogens (tertiary/aromatic N) is 3. The molecule has 158 valence electrons. The van der Waals surface area contributed by atoms with Gasteiger partial charge in [0.25, 0.3) is 5.89 Å². The topological polar surface area (TPSA) is 82.2 Å². The molecule has 1 amide bonds. The van der Waals surface area contributed by atoms with E-state index < -0.39 is 0 Å². The van der Waals surface area contributed by atoms with Crippen LogP contribution in [0.25, 0.3) is 23.0 Å². The predicted molar refractivity (Wildman–Crippen MR) is 117 cm³/mol. The highest BCUT2D eigenvalue weighted by Gasteiger charge is 2.16. The van der Waals surface area contributed by atoms with Crippen LogP contribution in [-0.4, -0.2) is 27.2 Å². The summed E-state index contributed by atoms with van der Waals surface area (Å²) in [5, 5.41) is 6.82. The second kappa shape index (κ2) is 9.13. The van der Waals surface area contributed by atoms with Gasteiger partial charge >= 0.3 is 0 Å². The van der Waals surface area contributed by atoms with Gasteiger partial charge in [-0.2, -0.15) is 4.98 Å². The minimum absolute atomic E-state index is 0.0648. The molecule has 0 aliphatic rings. The molecule has 2 aromatic heterocycles. The molecule has 0 atom stereocenters. The molecule has 4 rings (SSSR count). The molecule has 0 aliphatic heterocycles. The fourth-order valence-electron chi connectivity index (χ4n) is 2.98. The fourth-order valence-corrected chi connectivity index (χ4v) is 3.36. The molecule has 0 unspecified atom stereocenters. The Labute approximate surface area is 186 Å². The smallest absolute Gasteiger partial charge is 0.274 e. The predicted octanol–water partition coefficient (Wildman–Crippen LogP) is 5.14. The van der Waals surface area contributed by atoms with E-state index in [4.69, 9.17) is 9.26 Å². The summed E-state index contributed by atoms with van der Waals surface area (Å²) in [6.45, 7) is 2.56. The van der Waals surface area contributed by atoms with Gasteiger partial charge in [-0.25, -0.2) is 4.39 Å². The highest BCUT2D eigenvalue weighted by atomic mass is 79.9. The van der Waals surface area contributed by atoms with Crippen LogP contribution >= 0.6 is 15.9 Å². The van der Waals surface area contributed by atoms with E-state index in [1.165, 1.54) is 6.07 Å². The maximum absolute atomic E-state index is 13.5. The summed E-state index contributed by atoms with van der Waals surface area (Å²) in [5.74, 6) is 0.744. The molecule has 0 saturated heterocycles. The van der Waals surface area contributed by atoms with E-state index in [-0.39, 0.29) is 24.2 Å². The SMILES string of the molecule is CCOc1ccc(NC(=O)Cn2cccc2-c2nc(-c3ccc(F)c(Br)c3)no2)cc1. The number of anilines is 1. The molecule has 31 heavy (non-hydrogen) atoms. The maximum atomic E-state index is 13.5. The first-order chi connectivity index (χ1) is 15.0. The van der Waals surface area contributed by atoms with Crippen molar-refractivity contribution in [2.24, 2.45) is 0 Å². The van der Waals surface area contributed by atoms with Gasteiger partial charge < -0.3 is 19.1 Å². The van der Waals surface area contributed by atoms with E-state index in [0.29, 0.717) is 33.8 Å². The highest BCUT2D eigenvalue weighted by molar-refractivity contribution is 9.10. The number of carbonyl (C=O) groups excluding carboxylic acids is 1. The number of halogens is 2. The molecule has 1 N–H and O–H groups in total. The summed E-state index contributed by atoms with van der Waals surface area (Å²) >= 11 is 3.15. The van der Waals surface area contributed by atoms with Gasteiger partial charge in [0.15, 0.2) is 0 Å². The Hall–Kier alpha value is -3.46. The van der Waals surface area contributed by atoms with Crippen molar-refractivity contribution in [1.29, 1.82) is 0 Å². The largest absolute Gasteiger partial charge is 0.494 e. The maximum Gasteiger partial charge on any atom is 0.274 e. The lowest BCUT2D eigenvalue weighted by Gasteiger charge is -2.09. The van der Waals surface area contributed by atoms with Crippen molar-refractivity contribution in [2.45, 2.75) is 13.5 Å². The average molecular weight is 485 g/mol. The number of nitrogens with one attached hydrogen (secondary N) is 1. The third-order valence-electron chi connectivity index (χ3n) is 4.42. The Bertz CT molecular complexity index is 1200. The van der Waals surface area contributed by atoms with Crippen LogP contribution in [0.1, 0.15) is 6.92 Å². The van der Waals surface area contributed by atoms with Crippen molar-refractivity contribution in [3.05, 3.63) is 71.1 Å². The van der Waals surface area contributed by atoms with Crippen molar-refractivity contribution in [1.82, 2.24) is 14.7 Å². The van der Waals surface area contributed by atoms with E-state index >= 15 is 0 Å². The van der Waals surface area contributed by atoms with Gasteiger partial charge in [-0.1, -0.05) is 5.16 Å². The molecule has 7 nitrogen and oxygen atoms in total. The van der Waals surface area contributed by atoms with Crippen LogP contribution in [0.2, 0.25) is 0 Å². The molecule has 4 aromatic rings. The second-order valence-corrected chi connectivity index (χ2v) is 7.43. The van der Waals surface area contributed by atoms with Crippen LogP contribution in [0, 0.1) is 5.82 Å². The van der Waals surface area contributed by atoms with Gasteiger partial charge in [0.05, 0.1) is 11.1 Å². The van der Waals surface area contributed by atoms with Crippen LogP contribution in [0.15, 0.2) is 69.8 Å². The second-order valence-electron chi connectivity index (χ2n) is 6.58. The van der Waals surface area contributed by atoms with E-state index in [1.807, 2.05) is 6.92 Å². The molecule has 0 saturated carbocycles. The van der Waals surface area contributed by atoms with E-state index in [9.17, 15) is 9.18 Å². The molecular weight excluding hydrogens is 467 g/mol. The number of hydrogen-bond acceptors (Lipinski definition) is 5. The third kappa shape index (κ3) is 4.83. The van der Waals surface area contributed by atoms with E-state index in [0.717, 1.165) is 5.75 Å². The zero-order chi connectivity index (χ0) is 21.8. The molecule has 0 fully saturated rings. The minimum atomic E-state index is -0.375. The van der Waals surface area contributed by atoms with Crippen molar-refractivity contribution < 1.29 is 18.4 Å². The lowest BCUT2D eigenvalue weighted by Crippen LogP contribution is -2.18. The Kier molecular flexibility index (Phi) is 6.13. The van der Waals surface area contributed by atoms with Crippen LogP contribution in [-0.2, 0) is 11.3 Å². The van der Waals surface area contributed by atoms with E-state index in [2.05, 4.69) is 31.4 Å². The summed E-state index contributed by atoms with van der Waals surface area (Å²) in [5.41, 5.74) is 1.88. The molecular formula is C22H18BrFN4O3. The Morgan fingerprint density at radius 1 is 1.23 bits per heavy atom. The van der Waals surface area contributed by atoms with Gasteiger partial charge in [-0.15, -0.1) is 0 Å². The normalized spacial score (nSPS) is 10.8. The highest BCUT2D eigenvalue weighted by Crippen LogP contribution is 2.26. The zero-order valence-corrected chi connectivity index (χ0v) is 18.1. The standard InChI is InChI=1S/C22H18BrFN4O3/c1-2-30-16-8-6-15(7-9-16)25-20(29)13-28-11-3-4-19(28)22-26-21(27-31-22)14-5-10-18(24)17(23)12-14/h3-12H,2,13H2,1H3,(H,25,29). The van der Waals surface area contributed by atoms with Crippen LogP contribution < -0.4 is 10.1 Å². The number of amides is 1. The zero-order valence-electron chi connectivity index (χ0n) is 16.5. The molecule has 0 aliphatic carbocycles. The number of rotatable bonds is 7. The monoisotopic (exact) mass is 484 g/mol. The first-order valence-electron chi connectivity index (χ1n) is 9.51. The Morgan fingerprint density at radius 3 is 2.77 bits per heavy atom. The van der Waals surface area contributed by atoms with Gasteiger partial charge in [0.1, 0.15) is 23.8 Å². The van der Waals surface area contributed by atoms with Crippen LogP contribution in [0.4, 0.5) is 10.1 Å². The summed E-state index contributed by atoms with van der Waals surface area (Å²) in [4.78, 5) is 16.9. The quantitative estimate of drug-likeness (QED) is 0.392. The van der Waals surface area contributed by atoms with Gasteiger partial charge in [0, 0.05) is 17.4 Å². The first kappa shape index (κ1) is 20.8. The van der Waals surface area contributed by atoms with Crippen molar-refractivity contribution >= 4 is 27.5 Å². The van der Waals surface area contributed by atoms with Gasteiger partial charge in [-0.3, -0.25) is 4.79 Å². The molecule has 2 aromatic carbocycles. The van der Waals surface area contributed by atoms with Crippen molar-refractivity contribution in [2.75, 3.05) is 11.9 Å². The van der Waals surface area contributed by atoms with Crippen molar-refractivity contribution in [3.8, 4) is 28.7 Å². The lowest BCUT2D eigenvalue weighted by molar-refractivity contribution is -0.116.